The molecule has 1 saturated heterocycles. The van der Waals surface area contributed by atoms with Crippen LogP contribution in [0.2, 0.25) is 0 Å². The standard InChI is InChI=1S/C15H19F3N2O4S/c16-15(17,18)11-19-14(21)6-3-12-1-4-13(5-2-12)25(22,23)20-7-9-24-10-8-20/h1-2,4-5H,3,6-11H2,(H,19,21). The van der Waals surface area contributed by atoms with Gasteiger partial charge in [-0.15, -0.1) is 0 Å². The van der Waals surface area contributed by atoms with Crippen molar-refractivity contribution in [2.24, 2.45) is 0 Å². The molecule has 6 nitrogen and oxygen atoms in total. The fourth-order valence-electron chi connectivity index (χ4n) is 2.31. The average molecular weight is 380 g/mol. The topological polar surface area (TPSA) is 75.7 Å². The minimum atomic E-state index is -4.44. The Labute approximate surface area is 144 Å². The first-order valence-corrected chi connectivity index (χ1v) is 9.13. The van der Waals surface area contributed by atoms with Gasteiger partial charge in [-0.05, 0) is 24.1 Å². The number of benzene rings is 1. The van der Waals surface area contributed by atoms with E-state index in [9.17, 15) is 26.4 Å². The Bertz CT molecular complexity index is 684. The van der Waals surface area contributed by atoms with Gasteiger partial charge in [-0.1, -0.05) is 12.1 Å². The maximum absolute atomic E-state index is 12.4. The molecule has 0 unspecified atom stereocenters. The SMILES string of the molecule is O=C(CCc1ccc(S(=O)(=O)N2CCOCC2)cc1)NCC(F)(F)F. The predicted octanol–water partition coefficient (Wildman–Crippen LogP) is 1.32. The number of carbonyl (C=O) groups is 1. The van der Waals surface area contributed by atoms with Crippen molar-refractivity contribution in [2.45, 2.75) is 23.9 Å². The summed E-state index contributed by atoms with van der Waals surface area (Å²) >= 11 is 0. The first-order chi connectivity index (χ1) is 11.7. The van der Waals surface area contributed by atoms with Gasteiger partial charge >= 0.3 is 6.18 Å². The summed E-state index contributed by atoms with van der Waals surface area (Å²) in [7, 11) is -3.59. The summed E-state index contributed by atoms with van der Waals surface area (Å²) in [6, 6.07) is 6.00. The van der Waals surface area contributed by atoms with Crippen LogP contribution in [0, 0.1) is 0 Å². The van der Waals surface area contributed by atoms with E-state index in [2.05, 4.69) is 0 Å². The normalized spacial score (nSPS) is 16.6. The number of hydrogen-bond donors (Lipinski definition) is 1. The van der Waals surface area contributed by atoms with Gasteiger partial charge in [-0.25, -0.2) is 8.42 Å². The average Bonchev–Trinajstić information content (AvgIpc) is 2.58. The molecule has 2 rings (SSSR count). The molecule has 1 aliphatic heterocycles. The lowest BCUT2D eigenvalue weighted by atomic mass is 10.1. The number of nitrogens with one attached hydrogen (secondary N) is 1. The number of sulfonamides is 1. The van der Waals surface area contributed by atoms with Gasteiger partial charge in [0, 0.05) is 19.5 Å². The van der Waals surface area contributed by atoms with E-state index in [1.54, 1.807) is 17.4 Å². The van der Waals surface area contributed by atoms with Crippen LogP contribution in [0.1, 0.15) is 12.0 Å². The van der Waals surface area contributed by atoms with E-state index in [1.165, 1.54) is 16.4 Å². The van der Waals surface area contributed by atoms with Crippen molar-refractivity contribution in [3.8, 4) is 0 Å². The van der Waals surface area contributed by atoms with Gasteiger partial charge in [-0.3, -0.25) is 4.79 Å². The molecule has 1 aromatic rings. The summed E-state index contributed by atoms with van der Waals surface area (Å²) in [4.78, 5) is 11.5. The number of rotatable bonds is 6. The number of aryl methyl sites for hydroxylation is 1. The van der Waals surface area contributed by atoms with E-state index in [-0.39, 0.29) is 17.7 Å². The predicted molar refractivity (Wildman–Crippen MR) is 83.4 cm³/mol. The molecule has 0 aromatic heterocycles. The first kappa shape index (κ1) is 19.7. The highest BCUT2D eigenvalue weighted by atomic mass is 32.2. The molecule has 1 N–H and O–H groups in total. The number of ether oxygens (including phenoxy) is 1. The maximum atomic E-state index is 12.4. The summed E-state index contributed by atoms with van der Waals surface area (Å²) in [5.74, 6) is -0.706. The third-order valence-corrected chi connectivity index (χ3v) is 5.57. The Morgan fingerprint density at radius 1 is 1.16 bits per heavy atom. The van der Waals surface area contributed by atoms with Crippen LogP contribution in [0.3, 0.4) is 0 Å². The quantitative estimate of drug-likeness (QED) is 0.808. The van der Waals surface area contributed by atoms with Crippen molar-refractivity contribution < 1.29 is 31.1 Å². The second-order valence-electron chi connectivity index (χ2n) is 5.55. The van der Waals surface area contributed by atoms with Crippen LogP contribution in [-0.4, -0.2) is 57.7 Å². The largest absolute Gasteiger partial charge is 0.405 e. The van der Waals surface area contributed by atoms with Crippen molar-refractivity contribution in [2.75, 3.05) is 32.8 Å². The fraction of sp³-hybridized carbons (Fsp3) is 0.533. The molecule has 0 saturated carbocycles. The molecule has 1 aromatic carbocycles. The van der Waals surface area contributed by atoms with Gasteiger partial charge in [0.05, 0.1) is 18.1 Å². The van der Waals surface area contributed by atoms with E-state index >= 15 is 0 Å². The Morgan fingerprint density at radius 3 is 2.32 bits per heavy atom. The number of nitrogens with zero attached hydrogens (tertiary/aromatic N) is 1. The van der Waals surface area contributed by atoms with Gasteiger partial charge in [0.25, 0.3) is 0 Å². The Kier molecular flexibility index (Phi) is 6.42. The lowest BCUT2D eigenvalue weighted by molar-refractivity contribution is -0.138. The molecular weight excluding hydrogens is 361 g/mol. The number of amides is 1. The Balaban J connectivity index is 1.90. The molecular formula is C15H19F3N2O4S. The molecule has 10 heteroatoms. The molecule has 1 fully saturated rings. The number of hydrogen-bond acceptors (Lipinski definition) is 4. The highest BCUT2D eigenvalue weighted by molar-refractivity contribution is 7.89. The molecule has 140 valence electrons. The molecule has 1 amide bonds. The van der Waals surface area contributed by atoms with Crippen molar-refractivity contribution in [3.63, 3.8) is 0 Å². The Morgan fingerprint density at radius 2 is 1.76 bits per heavy atom. The fourth-order valence-corrected chi connectivity index (χ4v) is 3.72. The number of carbonyl (C=O) groups excluding carboxylic acids is 1. The lowest BCUT2D eigenvalue weighted by Crippen LogP contribution is -2.40. The first-order valence-electron chi connectivity index (χ1n) is 7.69. The summed E-state index contributed by atoms with van der Waals surface area (Å²) < 4.78 is 67.4. The minimum absolute atomic E-state index is 0.106. The summed E-state index contributed by atoms with van der Waals surface area (Å²) in [6.45, 7) is -0.0653. The van der Waals surface area contributed by atoms with Crippen LogP contribution in [0.5, 0.6) is 0 Å². The number of morpholine rings is 1. The van der Waals surface area contributed by atoms with Crippen LogP contribution in [-0.2, 0) is 26.0 Å². The smallest absolute Gasteiger partial charge is 0.379 e. The van der Waals surface area contributed by atoms with E-state index in [0.717, 1.165) is 0 Å². The minimum Gasteiger partial charge on any atom is -0.379 e. The van der Waals surface area contributed by atoms with Crippen LogP contribution in [0.15, 0.2) is 29.2 Å². The maximum Gasteiger partial charge on any atom is 0.405 e. The molecule has 0 aliphatic carbocycles. The monoisotopic (exact) mass is 380 g/mol. The van der Waals surface area contributed by atoms with Crippen LogP contribution < -0.4 is 5.32 Å². The zero-order chi connectivity index (χ0) is 18.5. The van der Waals surface area contributed by atoms with Crippen molar-refractivity contribution in [3.05, 3.63) is 29.8 Å². The molecule has 0 spiro atoms. The Hall–Kier alpha value is -1.65. The van der Waals surface area contributed by atoms with Gasteiger partial charge < -0.3 is 10.1 Å². The second-order valence-corrected chi connectivity index (χ2v) is 7.49. The van der Waals surface area contributed by atoms with E-state index in [0.29, 0.717) is 31.9 Å². The molecule has 0 atom stereocenters. The van der Waals surface area contributed by atoms with E-state index in [4.69, 9.17) is 4.74 Å². The van der Waals surface area contributed by atoms with Crippen molar-refractivity contribution in [1.29, 1.82) is 0 Å². The number of alkyl halides is 3. The molecule has 0 radical (unpaired) electrons. The van der Waals surface area contributed by atoms with Crippen molar-refractivity contribution >= 4 is 15.9 Å². The van der Waals surface area contributed by atoms with Crippen LogP contribution in [0.4, 0.5) is 13.2 Å². The summed E-state index contributed by atoms with van der Waals surface area (Å²) in [5, 5.41) is 1.79. The van der Waals surface area contributed by atoms with Crippen molar-refractivity contribution in [1.82, 2.24) is 9.62 Å². The zero-order valence-corrected chi connectivity index (χ0v) is 14.2. The summed E-state index contributed by atoms with van der Waals surface area (Å²) in [6.07, 6.45) is -4.32. The molecule has 25 heavy (non-hydrogen) atoms. The highest BCUT2D eigenvalue weighted by Crippen LogP contribution is 2.18. The van der Waals surface area contributed by atoms with Crippen LogP contribution >= 0.6 is 0 Å². The van der Waals surface area contributed by atoms with E-state index < -0.39 is 28.7 Å². The zero-order valence-electron chi connectivity index (χ0n) is 13.4. The third kappa shape index (κ3) is 5.98. The lowest BCUT2D eigenvalue weighted by Gasteiger charge is -2.26. The van der Waals surface area contributed by atoms with Gasteiger partial charge in [0.2, 0.25) is 15.9 Å². The van der Waals surface area contributed by atoms with Crippen LogP contribution in [0.25, 0.3) is 0 Å². The van der Waals surface area contributed by atoms with Gasteiger partial charge in [0.1, 0.15) is 6.54 Å². The van der Waals surface area contributed by atoms with E-state index in [1.807, 2.05) is 0 Å². The highest BCUT2D eigenvalue weighted by Gasteiger charge is 2.28. The summed E-state index contributed by atoms with van der Waals surface area (Å²) in [5.41, 5.74) is 0.670. The van der Waals surface area contributed by atoms with Gasteiger partial charge in [-0.2, -0.15) is 17.5 Å². The molecule has 1 aliphatic rings. The molecule has 0 bridgehead atoms. The molecule has 1 heterocycles. The number of halogens is 3. The second kappa shape index (κ2) is 8.15. The third-order valence-electron chi connectivity index (χ3n) is 3.66. The van der Waals surface area contributed by atoms with Gasteiger partial charge in [0.15, 0.2) is 0 Å².